The molecule has 0 fully saturated rings. The van der Waals surface area contributed by atoms with Gasteiger partial charge in [-0.3, -0.25) is 9.59 Å². The minimum atomic E-state index is -0.472. The number of carbonyl (C=O) groups excluding carboxylic acids is 2. The summed E-state index contributed by atoms with van der Waals surface area (Å²) >= 11 is 0. The summed E-state index contributed by atoms with van der Waals surface area (Å²) in [7, 11) is 0. The number of carbonyl (C=O) groups is 2. The van der Waals surface area contributed by atoms with E-state index < -0.39 is 5.97 Å². The second kappa shape index (κ2) is 11.6. The van der Waals surface area contributed by atoms with Crippen LogP contribution in [0.1, 0.15) is 24.5 Å². The summed E-state index contributed by atoms with van der Waals surface area (Å²) in [5, 5.41) is 2.75. The molecule has 28 heavy (non-hydrogen) atoms. The average molecular weight is 385 g/mol. The monoisotopic (exact) mass is 385 g/mol. The van der Waals surface area contributed by atoms with Crippen LogP contribution >= 0.6 is 0 Å². The standard InChI is InChI=1S/C22H27NO5/c1-3-26-19-8-10-20(11-9-19)27-15-13-22(25)28-16-21(24)23-14-12-18-7-5-4-6-17(18)2/h4-11H,3,12-16H2,1-2H3,(H,23,24). The molecule has 0 aromatic heterocycles. The molecule has 6 heteroatoms. The quantitative estimate of drug-likeness (QED) is 0.602. The number of benzene rings is 2. The van der Waals surface area contributed by atoms with Gasteiger partial charge in [0.25, 0.3) is 5.91 Å². The second-order valence-electron chi connectivity index (χ2n) is 6.19. The van der Waals surface area contributed by atoms with E-state index in [0.29, 0.717) is 18.9 Å². The number of nitrogens with one attached hydrogen (secondary N) is 1. The molecule has 1 amide bonds. The Hall–Kier alpha value is -3.02. The Kier molecular flexibility index (Phi) is 8.85. The van der Waals surface area contributed by atoms with E-state index in [1.807, 2.05) is 38.1 Å². The maximum absolute atomic E-state index is 11.8. The fraction of sp³-hybridized carbons (Fsp3) is 0.364. The van der Waals surface area contributed by atoms with Gasteiger partial charge in [-0.1, -0.05) is 24.3 Å². The minimum absolute atomic E-state index is 0.0731. The Labute approximate surface area is 165 Å². The van der Waals surface area contributed by atoms with Crippen molar-refractivity contribution in [2.24, 2.45) is 0 Å². The van der Waals surface area contributed by atoms with E-state index >= 15 is 0 Å². The lowest BCUT2D eigenvalue weighted by Gasteiger charge is -2.09. The number of ether oxygens (including phenoxy) is 3. The third kappa shape index (κ3) is 7.70. The maximum atomic E-state index is 11.8. The van der Waals surface area contributed by atoms with Crippen molar-refractivity contribution in [1.82, 2.24) is 5.32 Å². The number of hydrogen-bond acceptors (Lipinski definition) is 5. The molecule has 0 aliphatic carbocycles. The van der Waals surface area contributed by atoms with Crippen LogP contribution < -0.4 is 14.8 Å². The van der Waals surface area contributed by atoms with E-state index in [1.54, 1.807) is 24.3 Å². The molecule has 2 aromatic carbocycles. The molecule has 0 spiro atoms. The highest BCUT2D eigenvalue weighted by Gasteiger charge is 2.08. The van der Waals surface area contributed by atoms with Gasteiger partial charge in [0, 0.05) is 6.54 Å². The number of amides is 1. The first-order valence-corrected chi connectivity index (χ1v) is 9.41. The van der Waals surface area contributed by atoms with Crippen molar-refractivity contribution in [3.63, 3.8) is 0 Å². The molecule has 0 unspecified atom stereocenters. The lowest BCUT2D eigenvalue weighted by atomic mass is 10.1. The van der Waals surface area contributed by atoms with E-state index in [0.717, 1.165) is 12.2 Å². The van der Waals surface area contributed by atoms with Crippen molar-refractivity contribution in [1.29, 1.82) is 0 Å². The van der Waals surface area contributed by atoms with Gasteiger partial charge in [-0.05, 0) is 55.7 Å². The first-order chi connectivity index (χ1) is 13.6. The number of hydrogen-bond donors (Lipinski definition) is 1. The topological polar surface area (TPSA) is 73.9 Å². The van der Waals surface area contributed by atoms with Crippen molar-refractivity contribution in [2.45, 2.75) is 26.7 Å². The molecule has 0 aliphatic rings. The summed E-state index contributed by atoms with van der Waals surface area (Å²) in [6.45, 7) is 4.96. The lowest BCUT2D eigenvalue weighted by molar-refractivity contribution is -0.149. The Morgan fingerprint density at radius 1 is 0.964 bits per heavy atom. The second-order valence-corrected chi connectivity index (χ2v) is 6.19. The van der Waals surface area contributed by atoms with Crippen LogP contribution in [0.2, 0.25) is 0 Å². The predicted octanol–water partition coefficient (Wildman–Crippen LogP) is 3.06. The Balaban J connectivity index is 1.57. The van der Waals surface area contributed by atoms with Gasteiger partial charge in [0.05, 0.1) is 19.6 Å². The summed E-state index contributed by atoms with van der Waals surface area (Å²) in [5.41, 5.74) is 2.38. The van der Waals surface area contributed by atoms with Crippen LogP contribution in [0.4, 0.5) is 0 Å². The molecule has 2 aromatic rings. The third-order valence-electron chi connectivity index (χ3n) is 4.05. The largest absolute Gasteiger partial charge is 0.494 e. The predicted molar refractivity (Wildman–Crippen MR) is 107 cm³/mol. The molecule has 0 saturated heterocycles. The number of rotatable bonds is 11. The van der Waals surface area contributed by atoms with Crippen molar-refractivity contribution in [3.05, 3.63) is 59.7 Å². The number of aryl methyl sites for hydroxylation is 1. The normalized spacial score (nSPS) is 10.2. The third-order valence-corrected chi connectivity index (χ3v) is 4.05. The van der Waals surface area contributed by atoms with Crippen LogP contribution in [0.25, 0.3) is 0 Å². The molecule has 6 nitrogen and oxygen atoms in total. The average Bonchev–Trinajstić information content (AvgIpc) is 2.69. The molecule has 0 atom stereocenters. The van der Waals surface area contributed by atoms with Gasteiger partial charge in [0.2, 0.25) is 0 Å². The van der Waals surface area contributed by atoms with Crippen molar-refractivity contribution in [2.75, 3.05) is 26.4 Å². The van der Waals surface area contributed by atoms with Gasteiger partial charge in [-0.2, -0.15) is 0 Å². The zero-order chi connectivity index (χ0) is 20.2. The maximum Gasteiger partial charge on any atom is 0.309 e. The van der Waals surface area contributed by atoms with Crippen LogP contribution in [0.15, 0.2) is 48.5 Å². The molecular weight excluding hydrogens is 358 g/mol. The van der Waals surface area contributed by atoms with Gasteiger partial charge < -0.3 is 19.5 Å². The summed E-state index contributed by atoms with van der Waals surface area (Å²) in [4.78, 5) is 23.5. The van der Waals surface area contributed by atoms with Crippen LogP contribution in [-0.2, 0) is 20.7 Å². The summed E-state index contributed by atoms with van der Waals surface area (Å²) in [5.74, 6) is 0.627. The first-order valence-electron chi connectivity index (χ1n) is 9.41. The molecule has 0 bridgehead atoms. The molecule has 0 radical (unpaired) electrons. The Morgan fingerprint density at radius 3 is 2.32 bits per heavy atom. The SMILES string of the molecule is CCOc1ccc(OCCC(=O)OCC(=O)NCCc2ccccc2C)cc1. The van der Waals surface area contributed by atoms with Crippen LogP contribution in [-0.4, -0.2) is 38.2 Å². The summed E-state index contributed by atoms with van der Waals surface area (Å²) in [6, 6.07) is 15.2. The lowest BCUT2D eigenvalue weighted by Crippen LogP contribution is -2.30. The minimum Gasteiger partial charge on any atom is -0.494 e. The highest BCUT2D eigenvalue weighted by Crippen LogP contribution is 2.17. The van der Waals surface area contributed by atoms with Crippen LogP contribution in [0.5, 0.6) is 11.5 Å². The number of esters is 1. The van der Waals surface area contributed by atoms with Crippen molar-refractivity contribution in [3.8, 4) is 11.5 Å². The van der Waals surface area contributed by atoms with E-state index in [-0.39, 0.29) is 25.5 Å². The fourth-order valence-electron chi connectivity index (χ4n) is 2.55. The van der Waals surface area contributed by atoms with E-state index in [9.17, 15) is 9.59 Å². The van der Waals surface area contributed by atoms with Crippen LogP contribution in [0.3, 0.4) is 0 Å². The zero-order valence-corrected chi connectivity index (χ0v) is 16.4. The molecular formula is C22H27NO5. The molecule has 0 aliphatic heterocycles. The fourth-order valence-corrected chi connectivity index (χ4v) is 2.55. The Morgan fingerprint density at radius 2 is 1.64 bits per heavy atom. The van der Waals surface area contributed by atoms with Gasteiger partial charge in [-0.15, -0.1) is 0 Å². The highest BCUT2D eigenvalue weighted by atomic mass is 16.5. The van der Waals surface area contributed by atoms with Crippen molar-refractivity contribution >= 4 is 11.9 Å². The molecule has 0 saturated carbocycles. The van der Waals surface area contributed by atoms with Crippen LogP contribution in [0, 0.1) is 6.92 Å². The van der Waals surface area contributed by atoms with Gasteiger partial charge in [-0.25, -0.2) is 0 Å². The summed E-state index contributed by atoms with van der Waals surface area (Å²) in [6.07, 6.45) is 0.811. The van der Waals surface area contributed by atoms with E-state index in [1.165, 1.54) is 11.1 Å². The molecule has 0 heterocycles. The Bertz CT molecular complexity index is 758. The smallest absolute Gasteiger partial charge is 0.309 e. The van der Waals surface area contributed by atoms with E-state index in [4.69, 9.17) is 14.2 Å². The molecule has 2 rings (SSSR count). The molecule has 150 valence electrons. The molecule has 1 N–H and O–H groups in total. The first kappa shape index (κ1) is 21.3. The van der Waals surface area contributed by atoms with Crippen molar-refractivity contribution < 1.29 is 23.8 Å². The zero-order valence-electron chi connectivity index (χ0n) is 16.4. The van der Waals surface area contributed by atoms with Gasteiger partial charge in [0.1, 0.15) is 11.5 Å². The van der Waals surface area contributed by atoms with Gasteiger partial charge >= 0.3 is 5.97 Å². The van der Waals surface area contributed by atoms with E-state index in [2.05, 4.69) is 5.32 Å². The van der Waals surface area contributed by atoms with Gasteiger partial charge in [0.15, 0.2) is 6.61 Å². The summed E-state index contributed by atoms with van der Waals surface area (Å²) < 4.78 is 15.8. The highest BCUT2D eigenvalue weighted by molar-refractivity contribution is 5.80.